The monoisotopic (exact) mass is 377 g/mol. The van der Waals surface area contributed by atoms with Gasteiger partial charge in [0.2, 0.25) is 5.91 Å². The SMILES string of the molecule is Cc1cc(C)cc(Cn2c(=O)ccn(CC(=O)NCc3ccccc3)c2=O)c1. The number of carbonyl (C=O) groups excluding carboxylic acids is 1. The Labute approximate surface area is 163 Å². The van der Waals surface area contributed by atoms with Gasteiger partial charge in [0.1, 0.15) is 6.54 Å². The van der Waals surface area contributed by atoms with Crippen LogP contribution in [0.4, 0.5) is 0 Å². The van der Waals surface area contributed by atoms with E-state index in [1.807, 2.05) is 62.4 Å². The quantitative estimate of drug-likeness (QED) is 0.714. The Morgan fingerprint density at radius 1 is 0.929 bits per heavy atom. The number of amides is 1. The van der Waals surface area contributed by atoms with E-state index in [-0.39, 0.29) is 24.6 Å². The van der Waals surface area contributed by atoms with E-state index in [0.717, 1.165) is 26.8 Å². The lowest BCUT2D eigenvalue weighted by atomic mass is 10.1. The summed E-state index contributed by atoms with van der Waals surface area (Å²) in [5.41, 5.74) is 3.11. The van der Waals surface area contributed by atoms with Gasteiger partial charge in [-0.05, 0) is 25.0 Å². The van der Waals surface area contributed by atoms with Gasteiger partial charge in [-0.2, -0.15) is 0 Å². The summed E-state index contributed by atoms with van der Waals surface area (Å²) in [5.74, 6) is -0.289. The molecule has 0 saturated heterocycles. The van der Waals surface area contributed by atoms with Gasteiger partial charge in [-0.15, -0.1) is 0 Å². The molecule has 2 aromatic carbocycles. The summed E-state index contributed by atoms with van der Waals surface area (Å²) in [6, 6.07) is 16.8. The van der Waals surface area contributed by atoms with Gasteiger partial charge in [-0.3, -0.25) is 18.7 Å². The molecule has 0 radical (unpaired) electrons. The predicted octanol–water partition coefficient (Wildman–Crippen LogP) is 1.99. The molecule has 1 aromatic heterocycles. The van der Waals surface area contributed by atoms with Crippen molar-refractivity contribution in [2.75, 3.05) is 0 Å². The second-order valence-electron chi connectivity index (χ2n) is 6.91. The molecular weight excluding hydrogens is 354 g/mol. The van der Waals surface area contributed by atoms with Crippen molar-refractivity contribution < 1.29 is 4.79 Å². The van der Waals surface area contributed by atoms with Crippen LogP contribution in [0, 0.1) is 13.8 Å². The number of aromatic nitrogens is 2. The fourth-order valence-corrected chi connectivity index (χ4v) is 3.17. The van der Waals surface area contributed by atoms with Crippen molar-refractivity contribution >= 4 is 5.91 Å². The van der Waals surface area contributed by atoms with Crippen molar-refractivity contribution in [3.05, 3.63) is 104 Å². The minimum atomic E-state index is -0.499. The third kappa shape index (κ3) is 4.85. The molecule has 3 rings (SSSR count). The lowest BCUT2D eigenvalue weighted by molar-refractivity contribution is -0.121. The minimum Gasteiger partial charge on any atom is -0.350 e. The Bertz CT molecular complexity index is 1080. The van der Waals surface area contributed by atoms with E-state index in [2.05, 4.69) is 5.32 Å². The van der Waals surface area contributed by atoms with E-state index in [9.17, 15) is 14.4 Å². The summed E-state index contributed by atoms with van der Waals surface area (Å²) >= 11 is 0. The normalized spacial score (nSPS) is 10.6. The smallest absolute Gasteiger partial charge is 0.331 e. The molecule has 0 bridgehead atoms. The van der Waals surface area contributed by atoms with Gasteiger partial charge in [0.05, 0.1) is 6.54 Å². The number of nitrogens with zero attached hydrogens (tertiary/aromatic N) is 2. The number of hydrogen-bond acceptors (Lipinski definition) is 3. The van der Waals surface area contributed by atoms with Crippen molar-refractivity contribution in [3.8, 4) is 0 Å². The number of rotatable bonds is 6. The minimum absolute atomic E-state index is 0.140. The predicted molar refractivity (Wildman–Crippen MR) is 108 cm³/mol. The molecule has 0 atom stereocenters. The molecule has 0 aliphatic carbocycles. The molecule has 144 valence electrons. The van der Waals surface area contributed by atoms with E-state index in [1.165, 1.54) is 16.8 Å². The van der Waals surface area contributed by atoms with Crippen LogP contribution < -0.4 is 16.6 Å². The Morgan fingerprint density at radius 2 is 1.61 bits per heavy atom. The largest absolute Gasteiger partial charge is 0.350 e. The Morgan fingerprint density at radius 3 is 2.29 bits per heavy atom. The highest BCUT2D eigenvalue weighted by atomic mass is 16.2. The van der Waals surface area contributed by atoms with Crippen LogP contribution in [0.15, 0.2) is 70.4 Å². The number of hydrogen-bond donors (Lipinski definition) is 1. The lowest BCUT2D eigenvalue weighted by Crippen LogP contribution is -2.41. The average Bonchev–Trinajstić information content (AvgIpc) is 2.66. The van der Waals surface area contributed by atoms with E-state index >= 15 is 0 Å². The second-order valence-corrected chi connectivity index (χ2v) is 6.91. The molecular formula is C22H23N3O3. The zero-order valence-corrected chi connectivity index (χ0v) is 16.0. The maximum Gasteiger partial charge on any atom is 0.331 e. The zero-order valence-electron chi connectivity index (χ0n) is 16.0. The van der Waals surface area contributed by atoms with Gasteiger partial charge in [-0.1, -0.05) is 59.7 Å². The third-order valence-corrected chi connectivity index (χ3v) is 4.41. The standard InChI is InChI=1S/C22H23N3O3/c1-16-10-17(2)12-19(11-16)14-25-21(27)8-9-24(22(25)28)15-20(26)23-13-18-6-4-3-5-7-18/h3-12H,13-15H2,1-2H3,(H,23,26). The third-order valence-electron chi connectivity index (χ3n) is 4.41. The maximum absolute atomic E-state index is 12.7. The first kappa shape index (κ1) is 19.4. The Balaban J connectivity index is 1.76. The van der Waals surface area contributed by atoms with Crippen LogP contribution in [0.25, 0.3) is 0 Å². The Hall–Kier alpha value is -3.41. The summed E-state index contributed by atoms with van der Waals surface area (Å²) < 4.78 is 2.41. The summed E-state index contributed by atoms with van der Waals surface area (Å²) in [4.78, 5) is 37.2. The molecule has 1 N–H and O–H groups in total. The fraction of sp³-hybridized carbons (Fsp3) is 0.227. The first-order valence-corrected chi connectivity index (χ1v) is 9.10. The molecule has 0 spiro atoms. The van der Waals surface area contributed by atoms with Crippen LogP contribution in [0.1, 0.15) is 22.3 Å². The van der Waals surface area contributed by atoms with E-state index in [0.29, 0.717) is 6.54 Å². The van der Waals surface area contributed by atoms with Crippen molar-refractivity contribution in [3.63, 3.8) is 0 Å². The molecule has 1 amide bonds. The number of aryl methyl sites for hydroxylation is 2. The molecule has 6 nitrogen and oxygen atoms in total. The van der Waals surface area contributed by atoms with Crippen LogP contribution >= 0.6 is 0 Å². The molecule has 3 aromatic rings. The summed E-state index contributed by atoms with van der Waals surface area (Å²) in [7, 11) is 0. The molecule has 1 heterocycles. The van der Waals surface area contributed by atoms with Crippen LogP contribution in [0.3, 0.4) is 0 Å². The Kier molecular flexibility index (Phi) is 5.89. The van der Waals surface area contributed by atoms with Gasteiger partial charge < -0.3 is 5.32 Å². The van der Waals surface area contributed by atoms with Gasteiger partial charge in [0.15, 0.2) is 0 Å². The number of benzene rings is 2. The number of carbonyl (C=O) groups is 1. The summed E-state index contributed by atoms with van der Waals surface area (Å²) in [5, 5.41) is 2.79. The average molecular weight is 377 g/mol. The second kappa shape index (κ2) is 8.52. The van der Waals surface area contributed by atoms with Crippen LogP contribution in [-0.4, -0.2) is 15.0 Å². The van der Waals surface area contributed by atoms with Gasteiger partial charge >= 0.3 is 5.69 Å². The molecule has 6 heteroatoms. The van der Waals surface area contributed by atoms with Gasteiger partial charge in [0, 0.05) is 18.8 Å². The first-order chi connectivity index (χ1) is 13.4. The fourth-order valence-electron chi connectivity index (χ4n) is 3.17. The van der Waals surface area contributed by atoms with Crippen LogP contribution in [-0.2, 0) is 24.4 Å². The number of nitrogens with one attached hydrogen (secondary N) is 1. The van der Waals surface area contributed by atoms with E-state index < -0.39 is 5.69 Å². The van der Waals surface area contributed by atoms with Crippen LogP contribution in [0.5, 0.6) is 0 Å². The lowest BCUT2D eigenvalue weighted by Gasteiger charge is -2.11. The van der Waals surface area contributed by atoms with Gasteiger partial charge in [0.25, 0.3) is 5.56 Å². The molecule has 28 heavy (non-hydrogen) atoms. The topological polar surface area (TPSA) is 73.1 Å². The molecule has 0 fully saturated rings. The summed E-state index contributed by atoms with van der Waals surface area (Å²) in [6.07, 6.45) is 1.37. The van der Waals surface area contributed by atoms with Crippen LogP contribution in [0.2, 0.25) is 0 Å². The van der Waals surface area contributed by atoms with Crippen molar-refractivity contribution in [1.29, 1.82) is 0 Å². The van der Waals surface area contributed by atoms with Crippen molar-refractivity contribution in [2.45, 2.75) is 33.5 Å². The molecule has 0 aliphatic heterocycles. The first-order valence-electron chi connectivity index (χ1n) is 9.10. The highest BCUT2D eigenvalue weighted by Gasteiger charge is 2.10. The van der Waals surface area contributed by atoms with Gasteiger partial charge in [-0.25, -0.2) is 4.79 Å². The van der Waals surface area contributed by atoms with Crippen molar-refractivity contribution in [2.24, 2.45) is 0 Å². The molecule has 0 unspecified atom stereocenters. The zero-order chi connectivity index (χ0) is 20.1. The van der Waals surface area contributed by atoms with E-state index in [1.54, 1.807) is 0 Å². The highest BCUT2D eigenvalue weighted by molar-refractivity contribution is 5.75. The molecule has 0 saturated carbocycles. The van der Waals surface area contributed by atoms with E-state index in [4.69, 9.17) is 0 Å². The molecule has 0 aliphatic rings. The summed E-state index contributed by atoms with van der Waals surface area (Å²) in [6.45, 7) is 4.36. The highest BCUT2D eigenvalue weighted by Crippen LogP contribution is 2.09. The maximum atomic E-state index is 12.7. The van der Waals surface area contributed by atoms with Crippen molar-refractivity contribution in [1.82, 2.24) is 14.5 Å².